The molecule has 1 aromatic rings. The molecule has 0 aliphatic heterocycles. The zero-order valence-corrected chi connectivity index (χ0v) is 14.0. The predicted molar refractivity (Wildman–Crippen MR) is 96.0 cm³/mol. The average molecular weight is 270 g/mol. The van der Waals surface area contributed by atoms with Gasteiger partial charge in [-0.1, -0.05) is 89.4 Å². The van der Waals surface area contributed by atoms with E-state index in [1.165, 1.54) is 11.1 Å². The number of benzene rings is 1. The average Bonchev–Trinajstić information content (AvgIpc) is 2.53. The molecule has 0 spiro atoms. The van der Waals surface area contributed by atoms with Gasteiger partial charge < -0.3 is 0 Å². The van der Waals surface area contributed by atoms with E-state index in [1.54, 1.807) is 0 Å². The van der Waals surface area contributed by atoms with Crippen LogP contribution in [0.4, 0.5) is 0 Å². The number of hydrogen-bond acceptors (Lipinski definition) is 0. The van der Waals surface area contributed by atoms with Gasteiger partial charge in [0.1, 0.15) is 0 Å². The van der Waals surface area contributed by atoms with E-state index in [4.69, 9.17) is 0 Å². The molecular weight excluding hydrogens is 240 g/mol. The molecule has 0 aromatic heterocycles. The van der Waals surface area contributed by atoms with Crippen LogP contribution in [0.5, 0.6) is 0 Å². The van der Waals surface area contributed by atoms with Crippen molar-refractivity contribution in [3.8, 4) is 0 Å². The molecule has 0 aliphatic rings. The molecule has 1 rings (SSSR count). The lowest BCUT2D eigenvalue weighted by molar-refractivity contribution is 1.43. The Labute approximate surface area is 126 Å². The molecule has 110 valence electrons. The highest BCUT2D eigenvalue weighted by molar-refractivity contribution is 5.58. The topological polar surface area (TPSA) is 0 Å². The van der Waals surface area contributed by atoms with Crippen molar-refractivity contribution in [1.29, 1.82) is 0 Å². The molecule has 0 saturated heterocycles. The number of aryl methyl sites for hydroxylation is 1. The molecule has 0 fully saturated rings. The summed E-state index contributed by atoms with van der Waals surface area (Å²) >= 11 is 0. The smallest absolute Gasteiger partial charge is 0.0227 e. The molecule has 0 N–H and O–H groups in total. The second-order valence-corrected chi connectivity index (χ2v) is 3.74. The van der Waals surface area contributed by atoms with Crippen molar-refractivity contribution >= 4 is 6.08 Å². The van der Waals surface area contributed by atoms with Crippen LogP contribution in [0.1, 0.15) is 45.7 Å². The van der Waals surface area contributed by atoms with Crippen molar-refractivity contribution in [2.45, 2.75) is 41.5 Å². The Morgan fingerprint density at radius 3 is 1.95 bits per heavy atom. The summed E-state index contributed by atoms with van der Waals surface area (Å²) in [6.07, 6.45) is 7.89. The minimum absolute atomic E-state index is 1.11. The highest BCUT2D eigenvalue weighted by Crippen LogP contribution is 2.13. The minimum Gasteiger partial charge on any atom is -0.0988 e. The highest BCUT2D eigenvalue weighted by Gasteiger charge is 1.93. The van der Waals surface area contributed by atoms with Crippen LogP contribution in [0.25, 0.3) is 6.08 Å². The van der Waals surface area contributed by atoms with Crippen LogP contribution in [-0.2, 0) is 0 Å². The van der Waals surface area contributed by atoms with Gasteiger partial charge in [0.2, 0.25) is 0 Å². The molecule has 0 heterocycles. The molecule has 0 radical (unpaired) electrons. The van der Waals surface area contributed by atoms with E-state index in [0.717, 1.165) is 11.1 Å². The van der Waals surface area contributed by atoms with Crippen LogP contribution in [0.3, 0.4) is 0 Å². The summed E-state index contributed by atoms with van der Waals surface area (Å²) in [4.78, 5) is 0. The maximum Gasteiger partial charge on any atom is -0.0227 e. The molecule has 0 nitrogen and oxygen atoms in total. The number of rotatable bonds is 4. The zero-order chi connectivity index (χ0) is 16.0. The summed E-state index contributed by atoms with van der Waals surface area (Å²) in [5, 5.41) is 0. The van der Waals surface area contributed by atoms with Gasteiger partial charge >= 0.3 is 0 Å². The van der Waals surface area contributed by atoms with Gasteiger partial charge in [0.05, 0.1) is 0 Å². The second-order valence-electron chi connectivity index (χ2n) is 3.74. The van der Waals surface area contributed by atoms with Crippen molar-refractivity contribution in [1.82, 2.24) is 0 Å². The van der Waals surface area contributed by atoms with Gasteiger partial charge in [-0.2, -0.15) is 0 Å². The lowest BCUT2D eigenvalue weighted by Crippen LogP contribution is -1.80. The van der Waals surface area contributed by atoms with E-state index < -0.39 is 0 Å². The molecule has 0 heteroatoms. The van der Waals surface area contributed by atoms with Crippen LogP contribution in [-0.4, -0.2) is 0 Å². The van der Waals surface area contributed by atoms with Gasteiger partial charge in [0, 0.05) is 0 Å². The predicted octanol–water partition coefficient (Wildman–Crippen LogP) is 6.75. The quantitative estimate of drug-likeness (QED) is 0.531. The van der Waals surface area contributed by atoms with Crippen LogP contribution < -0.4 is 0 Å². The van der Waals surface area contributed by atoms with Gasteiger partial charge in [-0.25, -0.2) is 0 Å². The van der Waals surface area contributed by atoms with Crippen molar-refractivity contribution in [2.24, 2.45) is 0 Å². The maximum absolute atomic E-state index is 3.81. The highest BCUT2D eigenvalue weighted by atomic mass is 14.0. The van der Waals surface area contributed by atoms with Crippen LogP contribution in [0.2, 0.25) is 0 Å². The van der Waals surface area contributed by atoms with Gasteiger partial charge in [-0.05, 0) is 36.1 Å². The standard InChI is InChI=1S/C16H18.2C2H6/c1-5-13(3)15(6-2)11-12-16-10-8-7-9-14(16)4;2*1-2/h5-12H,1-2H2,3-4H3;2*1-2H3/b12-11-,15-13+;;. The molecule has 0 unspecified atom stereocenters. The summed E-state index contributed by atoms with van der Waals surface area (Å²) in [5.41, 5.74) is 4.76. The largest absolute Gasteiger partial charge is 0.0988 e. The van der Waals surface area contributed by atoms with Gasteiger partial charge in [-0.15, -0.1) is 0 Å². The van der Waals surface area contributed by atoms with Crippen molar-refractivity contribution < 1.29 is 0 Å². The number of hydrogen-bond donors (Lipinski definition) is 0. The van der Waals surface area contributed by atoms with Gasteiger partial charge in [0.25, 0.3) is 0 Å². The van der Waals surface area contributed by atoms with E-state index in [1.807, 2.05) is 58.9 Å². The first-order chi connectivity index (χ1) is 9.69. The Hall–Kier alpha value is -1.82. The Morgan fingerprint density at radius 2 is 1.50 bits per heavy atom. The summed E-state index contributed by atoms with van der Waals surface area (Å²) in [6.45, 7) is 19.7. The summed E-state index contributed by atoms with van der Waals surface area (Å²) in [6, 6.07) is 8.31. The summed E-state index contributed by atoms with van der Waals surface area (Å²) < 4.78 is 0. The fourth-order valence-corrected chi connectivity index (χ4v) is 1.43. The molecule has 0 bridgehead atoms. The monoisotopic (exact) mass is 270 g/mol. The summed E-state index contributed by atoms with van der Waals surface area (Å²) in [5.74, 6) is 0. The molecular formula is C20H30. The Bertz CT molecular complexity index is 445. The minimum atomic E-state index is 1.11. The first-order valence-electron chi connectivity index (χ1n) is 7.38. The van der Waals surface area contributed by atoms with Crippen LogP contribution in [0.15, 0.2) is 66.8 Å². The third-order valence-corrected chi connectivity index (χ3v) is 2.61. The Kier molecular flexibility index (Phi) is 13.9. The van der Waals surface area contributed by atoms with E-state index in [9.17, 15) is 0 Å². The third-order valence-electron chi connectivity index (χ3n) is 2.61. The molecule has 0 saturated carbocycles. The van der Waals surface area contributed by atoms with Crippen LogP contribution >= 0.6 is 0 Å². The van der Waals surface area contributed by atoms with Crippen LogP contribution in [0, 0.1) is 6.92 Å². The SMILES string of the molecule is C=C/C(C)=C(C=C)/C=C\c1ccccc1C.CC.CC. The lowest BCUT2D eigenvalue weighted by Gasteiger charge is -2.00. The Morgan fingerprint density at radius 1 is 0.950 bits per heavy atom. The second kappa shape index (κ2) is 13.6. The molecule has 0 amide bonds. The van der Waals surface area contributed by atoms with Crippen molar-refractivity contribution in [3.63, 3.8) is 0 Å². The first kappa shape index (κ1) is 20.5. The van der Waals surface area contributed by atoms with Gasteiger partial charge in [0.15, 0.2) is 0 Å². The molecule has 1 aromatic carbocycles. The molecule has 20 heavy (non-hydrogen) atoms. The zero-order valence-electron chi connectivity index (χ0n) is 14.0. The maximum atomic E-state index is 3.81. The van der Waals surface area contributed by atoms with E-state index in [0.29, 0.717) is 0 Å². The normalized spacial score (nSPS) is 10.5. The van der Waals surface area contributed by atoms with Crippen molar-refractivity contribution in [3.05, 3.63) is 77.9 Å². The van der Waals surface area contributed by atoms with Crippen molar-refractivity contribution in [2.75, 3.05) is 0 Å². The lowest BCUT2D eigenvalue weighted by atomic mass is 10.0. The van der Waals surface area contributed by atoms with E-state index in [-0.39, 0.29) is 0 Å². The number of allylic oxidation sites excluding steroid dienone is 5. The van der Waals surface area contributed by atoms with Gasteiger partial charge in [-0.3, -0.25) is 0 Å². The molecule has 0 aliphatic carbocycles. The third kappa shape index (κ3) is 7.58. The summed E-state index contributed by atoms with van der Waals surface area (Å²) in [7, 11) is 0. The van der Waals surface area contributed by atoms with E-state index >= 15 is 0 Å². The Balaban J connectivity index is 0. The van der Waals surface area contributed by atoms with E-state index in [2.05, 4.69) is 44.4 Å². The fourth-order valence-electron chi connectivity index (χ4n) is 1.43. The fraction of sp³-hybridized carbons (Fsp3) is 0.300. The molecule has 0 atom stereocenters. The first-order valence-corrected chi connectivity index (χ1v) is 7.38.